The second-order valence-electron chi connectivity index (χ2n) is 6.34. The lowest BCUT2D eigenvalue weighted by Gasteiger charge is -2.30. The highest BCUT2D eigenvalue weighted by molar-refractivity contribution is 5.85. The van der Waals surface area contributed by atoms with Gasteiger partial charge < -0.3 is 9.72 Å². The molecule has 2 aromatic rings. The number of ether oxygens (including phenoxy) is 1. The van der Waals surface area contributed by atoms with Gasteiger partial charge in [0.2, 0.25) is 0 Å². The van der Waals surface area contributed by atoms with Gasteiger partial charge in [0.25, 0.3) is 0 Å². The minimum atomic E-state index is -0.245. The van der Waals surface area contributed by atoms with Gasteiger partial charge in [0.05, 0.1) is 12.6 Å². The first-order valence-corrected chi connectivity index (χ1v) is 8.23. The Bertz CT molecular complexity index is 652. The zero-order valence-electron chi connectivity index (χ0n) is 13.7. The Morgan fingerprint density at radius 2 is 2.27 bits per heavy atom. The number of hydrogen-bond acceptors (Lipinski definition) is 2. The van der Waals surface area contributed by atoms with Crippen molar-refractivity contribution in [1.82, 2.24) is 9.88 Å². The number of nitrogens with zero attached hydrogens (tertiary/aromatic N) is 1. The maximum atomic E-state index is 14.1. The maximum absolute atomic E-state index is 14.1. The quantitative estimate of drug-likeness (QED) is 0.900. The fourth-order valence-electron chi connectivity index (χ4n) is 3.65. The minimum absolute atomic E-state index is 0.245. The summed E-state index contributed by atoms with van der Waals surface area (Å²) in [5.74, 6) is 0.335. The normalized spacial score (nSPS) is 20.6. The minimum Gasteiger partial charge on any atom is -0.497 e. The van der Waals surface area contributed by atoms with E-state index in [1.165, 1.54) is 37.4 Å². The van der Waals surface area contributed by atoms with Gasteiger partial charge in [-0.05, 0) is 50.8 Å². The first-order chi connectivity index (χ1) is 10.6. The lowest BCUT2D eigenvalue weighted by molar-refractivity contribution is 0.186. The molecule has 2 heterocycles. The van der Waals surface area contributed by atoms with E-state index in [0.717, 1.165) is 11.8 Å². The fourth-order valence-corrected chi connectivity index (χ4v) is 3.65. The lowest BCUT2D eigenvalue weighted by atomic mass is 10.0. The van der Waals surface area contributed by atoms with Gasteiger partial charge in [0, 0.05) is 29.7 Å². The monoisotopic (exact) mass is 304 g/mol. The fraction of sp³-hybridized carbons (Fsp3) is 0.556. The SMILES string of the molecule is CCC(C)N1CCC[C@@H]1Cc1c[nH]c2c(F)cc(OC)cc12. The third-order valence-electron chi connectivity index (χ3n) is 5.07. The summed E-state index contributed by atoms with van der Waals surface area (Å²) in [4.78, 5) is 5.70. The number of hydrogen-bond donors (Lipinski definition) is 1. The van der Waals surface area contributed by atoms with Crippen LogP contribution in [0.5, 0.6) is 5.75 Å². The van der Waals surface area contributed by atoms with E-state index in [9.17, 15) is 4.39 Å². The van der Waals surface area contributed by atoms with E-state index in [-0.39, 0.29) is 5.82 Å². The number of nitrogens with one attached hydrogen (secondary N) is 1. The summed E-state index contributed by atoms with van der Waals surface area (Å²) in [7, 11) is 1.58. The third kappa shape index (κ3) is 2.72. The standard InChI is InChI=1S/C18H25FN2O/c1-4-12(2)21-7-5-6-14(21)8-13-11-20-18-16(13)9-15(22-3)10-17(18)19/h9-12,14,20H,4-8H2,1-3H3/t12?,14-/m1/s1. The molecule has 1 aromatic heterocycles. The van der Waals surface area contributed by atoms with E-state index < -0.39 is 0 Å². The molecule has 1 aliphatic rings. The Morgan fingerprint density at radius 1 is 1.45 bits per heavy atom. The summed E-state index contributed by atoms with van der Waals surface area (Å²) in [5.41, 5.74) is 1.77. The van der Waals surface area contributed by atoms with Crippen molar-refractivity contribution in [2.75, 3.05) is 13.7 Å². The second kappa shape index (κ2) is 6.29. The van der Waals surface area contributed by atoms with Crippen LogP contribution < -0.4 is 4.74 Å². The Morgan fingerprint density at radius 3 is 3.00 bits per heavy atom. The molecule has 0 amide bonds. The zero-order chi connectivity index (χ0) is 15.7. The highest BCUT2D eigenvalue weighted by atomic mass is 19.1. The lowest BCUT2D eigenvalue weighted by Crippen LogP contribution is -2.38. The average molecular weight is 304 g/mol. The molecule has 1 aliphatic heterocycles. The van der Waals surface area contributed by atoms with Gasteiger partial charge in [-0.25, -0.2) is 4.39 Å². The van der Waals surface area contributed by atoms with Crippen LogP contribution in [0, 0.1) is 5.82 Å². The molecule has 1 fully saturated rings. The smallest absolute Gasteiger partial charge is 0.150 e. The number of methoxy groups -OCH3 is 1. The molecule has 0 bridgehead atoms. The molecule has 3 nitrogen and oxygen atoms in total. The molecular formula is C18H25FN2O. The van der Waals surface area contributed by atoms with Crippen molar-refractivity contribution in [3.8, 4) is 5.75 Å². The highest BCUT2D eigenvalue weighted by Gasteiger charge is 2.28. The van der Waals surface area contributed by atoms with E-state index in [1.807, 2.05) is 12.3 Å². The van der Waals surface area contributed by atoms with Gasteiger partial charge in [0.1, 0.15) is 5.75 Å². The van der Waals surface area contributed by atoms with Gasteiger partial charge in [0.15, 0.2) is 5.82 Å². The molecule has 0 spiro atoms. The number of fused-ring (bicyclic) bond motifs is 1. The van der Waals surface area contributed by atoms with Crippen molar-refractivity contribution in [3.63, 3.8) is 0 Å². The molecule has 1 saturated heterocycles. The molecule has 1 unspecified atom stereocenters. The predicted molar refractivity (Wildman–Crippen MR) is 88.0 cm³/mol. The first-order valence-electron chi connectivity index (χ1n) is 8.23. The van der Waals surface area contributed by atoms with Crippen LogP contribution in [0.2, 0.25) is 0 Å². The van der Waals surface area contributed by atoms with Crippen molar-refractivity contribution in [1.29, 1.82) is 0 Å². The number of H-pyrrole nitrogens is 1. The van der Waals surface area contributed by atoms with Crippen LogP contribution in [0.4, 0.5) is 4.39 Å². The predicted octanol–water partition coefficient (Wildman–Crippen LogP) is 4.12. The molecule has 1 aromatic carbocycles. The number of benzene rings is 1. The molecule has 22 heavy (non-hydrogen) atoms. The van der Waals surface area contributed by atoms with E-state index >= 15 is 0 Å². The van der Waals surface area contributed by atoms with Crippen molar-refractivity contribution >= 4 is 10.9 Å². The van der Waals surface area contributed by atoms with Crippen LogP contribution in [0.15, 0.2) is 18.3 Å². The van der Waals surface area contributed by atoms with Crippen LogP contribution in [-0.4, -0.2) is 35.6 Å². The number of aromatic amines is 1. The molecular weight excluding hydrogens is 279 g/mol. The first kappa shape index (κ1) is 15.3. The van der Waals surface area contributed by atoms with Crippen LogP contribution in [0.25, 0.3) is 10.9 Å². The summed E-state index contributed by atoms with van der Waals surface area (Å²) in [6.45, 7) is 5.72. The Hall–Kier alpha value is -1.55. The number of halogens is 1. The van der Waals surface area contributed by atoms with Gasteiger partial charge in [-0.3, -0.25) is 4.90 Å². The zero-order valence-corrected chi connectivity index (χ0v) is 13.7. The molecule has 0 aliphatic carbocycles. The summed E-state index contributed by atoms with van der Waals surface area (Å²) in [5, 5.41) is 0.952. The number of aromatic nitrogens is 1. The maximum Gasteiger partial charge on any atom is 0.150 e. The molecule has 0 saturated carbocycles. The number of likely N-dealkylation sites (tertiary alicyclic amines) is 1. The van der Waals surface area contributed by atoms with E-state index in [2.05, 4.69) is 23.7 Å². The summed E-state index contributed by atoms with van der Waals surface area (Å²) >= 11 is 0. The summed E-state index contributed by atoms with van der Waals surface area (Å²) < 4.78 is 19.3. The van der Waals surface area contributed by atoms with E-state index in [0.29, 0.717) is 23.3 Å². The van der Waals surface area contributed by atoms with Gasteiger partial charge in [-0.15, -0.1) is 0 Å². The molecule has 0 radical (unpaired) electrons. The largest absolute Gasteiger partial charge is 0.497 e. The third-order valence-corrected chi connectivity index (χ3v) is 5.07. The van der Waals surface area contributed by atoms with Crippen LogP contribution in [0.1, 0.15) is 38.7 Å². The number of rotatable bonds is 5. The molecule has 3 rings (SSSR count). The van der Waals surface area contributed by atoms with Crippen molar-refractivity contribution in [2.24, 2.45) is 0 Å². The van der Waals surface area contributed by atoms with Crippen LogP contribution >= 0.6 is 0 Å². The van der Waals surface area contributed by atoms with Gasteiger partial charge >= 0.3 is 0 Å². The molecule has 4 heteroatoms. The van der Waals surface area contributed by atoms with Crippen molar-refractivity contribution < 1.29 is 9.13 Å². The Labute approximate surface area is 131 Å². The topological polar surface area (TPSA) is 28.3 Å². The van der Waals surface area contributed by atoms with E-state index in [4.69, 9.17) is 4.74 Å². The summed E-state index contributed by atoms with van der Waals surface area (Å²) in [6.07, 6.45) is 6.59. The molecule has 2 atom stereocenters. The van der Waals surface area contributed by atoms with Crippen LogP contribution in [-0.2, 0) is 6.42 Å². The second-order valence-corrected chi connectivity index (χ2v) is 6.34. The van der Waals surface area contributed by atoms with Crippen molar-refractivity contribution in [2.45, 2.75) is 51.6 Å². The van der Waals surface area contributed by atoms with Crippen molar-refractivity contribution in [3.05, 3.63) is 29.7 Å². The highest BCUT2D eigenvalue weighted by Crippen LogP contribution is 2.30. The molecule has 1 N–H and O–H groups in total. The van der Waals surface area contributed by atoms with Crippen LogP contribution in [0.3, 0.4) is 0 Å². The summed E-state index contributed by atoms with van der Waals surface area (Å²) in [6, 6.07) is 4.54. The van der Waals surface area contributed by atoms with Gasteiger partial charge in [-0.2, -0.15) is 0 Å². The molecule has 120 valence electrons. The average Bonchev–Trinajstić information content (AvgIpc) is 3.14. The van der Waals surface area contributed by atoms with Gasteiger partial charge in [-0.1, -0.05) is 6.92 Å². The van der Waals surface area contributed by atoms with E-state index in [1.54, 1.807) is 7.11 Å². The Balaban J connectivity index is 1.89. The Kier molecular flexibility index (Phi) is 4.39.